The predicted octanol–water partition coefficient (Wildman–Crippen LogP) is 3.84. The second-order valence-corrected chi connectivity index (χ2v) is 6.49. The highest BCUT2D eigenvalue weighted by Crippen LogP contribution is 2.31. The van der Waals surface area contributed by atoms with E-state index >= 15 is 0 Å². The van der Waals surface area contributed by atoms with E-state index < -0.39 is 0 Å². The van der Waals surface area contributed by atoms with Crippen LogP contribution in [0, 0.1) is 0 Å². The van der Waals surface area contributed by atoms with Crippen molar-refractivity contribution >= 4 is 39.7 Å². The Kier molecular flexibility index (Phi) is 5.00. The SMILES string of the molecule is C[C@H]1C[C@@H](c2nc(-c3cc(Br)cs3)no2)CCN1.Cl. The van der Waals surface area contributed by atoms with Crippen LogP contribution in [0.25, 0.3) is 10.7 Å². The minimum Gasteiger partial charge on any atom is -0.339 e. The van der Waals surface area contributed by atoms with Crippen LogP contribution >= 0.6 is 39.7 Å². The van der Waals surface area contributed by atoms with Crippen molar-refractivity contribution in [2.24, 2.45) is 0 Å². The van der Waals surface area contributed by atoms with E-state index in [4.69, 9.17) is 4.52 Å². The first-order valence-corrected chi connectivity index (χ1v) is 7.71. The molecule has 4 nitrogen and oxygen atoms in total. The highest BCUT2D eigenvalue weighted by atomic mass is 79.9. The van der Waals surface area contributed by atoms with Crippen LogP contribution in [-0.2, 0) is 0 Å². The first-order valence-electron chi connectivity index (χ1n) is 6.04. The fraction of sp³-hybridized carbons (Fsp3) is 0.500. The highest BCUT2D eigenvalue weighted by Gasteiger charge is 2.25. The van der Waals surface area contributed by atoms with Crippen LogP contribution in [0.1, 0.15) is 31.6 Å². The molecule has 3 heterocycles. The van der Waals surface area contributed by atoms with E-state index in [0.717, 1.165) is 34.6 Å². The van der Waals surface area contributed by atoms with Gasteiger partial charge in [0.2, 0.25) is 11.7 Å². The summed E-state index contributed by atoms with van der Waals surface area (Å²) in [7, 11) is 0. The van der Waals surface area contributed by atoms with Crippen molar-refractivity contribution in [2.45, 2.75) is 31.7 Å². The minimum absolute atomic E-state index is 0. The molecule has 0 amide bonds. The summed E-state index contributed by atoms with van der Waals surface area (Å²) in [5.41, 5.74) is 0. The quantitative estimate of drug-likeness (QED) is 0.879. The number of hydrogen-bond donors (Lipinski definition) is 1. The number of aromatic nitrogens is 2. The fourth-order valence-electron chi connectivity index (χ4n) is 2.29. The smallest absolute Gasteiger partial charge is 0.230 e. The summed E-state index contributed by atoms with van der Waals surface area (Å²) in [6.07, 6.45) is 2.13. The van der Waals surface area contributed by atoms with Crippen LogP contribution in [0.2, 0.25) is 0 Å². The first-order chi connectivity index (χ1) is 8.72. The molecule has 1 aliphatic rings. The largest absolute Gasteiger partial charge is 0.339 e. The Morgan fingerprint density at radius 3 is 3.05 bits per heavy atom. The minimum atomic E-state index is 0. The molecule has 2 aromatic heterocycles. The monoisotopic (exact) mass is 363 g/mol. The lowest BCUT2D eigenvalue weighted by molar-refractivity contribution is 0.295. The summed E-state index contributed by atoms with van der Waals surface area (Å²) in [6.45, 7) is 3.22. The fourth-order valence-corrected chi connectivity index (χ4v) is 3.64. The summed E-state index contributed by atoms with van der Waals surface area (Å²) >= 11 is 5.06. The van der Waals surface area contributed by atoms with Crippen molar-refractivity contribution in [3.05, 3.63) is 21.8 Å². The van der Waals surface area contributed by atoms with E-state index in [1.165, 1.54) is 0 Å². The molecule has 1 saturated heterocycles. The van der Waals surface area contributed by atoms with Crippen molar-refractivity contribution in [3.63, 3.8) is 0 Å². The van der Waals surface area contributed by atoms with Crippen LogP contribution in [0.15, 0.2) is 20.4 Å². The van der Waals surface area contributed by atoms with E-state index in [-0.39, 0.29) is 12.4 Å². The molecule has 0 unspecified atom stereocenters. The Morgan fingerprint density at radius 1 is 1.53 bits per heavy atom. The molecule has 1 N–H and O–H groups in total. The molecule has 3 rings (SSSR count). The van der Waals surface area contributed by atoms with E-state index in [9.17, 15) is 0 Å². The number of nitrogens with zero attached hydrogens (tertiary/aromatic N) is 2. The molecule has 0 spiro atoms. The molecule has 0 bridgehead atoms. The lowest BCUT2D eigenvalue weighted by Crippen LogP contribution is -2.34. The number of thiophene rings is 1. The van der Waals surface area contributed by atoms with Gasteiger partial charge in [0.1, 0.15) is 0 Å². The molecule has 0 radical (unpaired) electrons. The molecule has 0 aromatic carbocycles. The second-order valence-electron chi connectivity index (χ2n) is 4.66. The average Bonchev–Trinajstić information content (AvgIpc) is 2.97. The van der Waals surface area contributed by atoms with Crippen molar-refractivity contribution in [1.82, 2.24) is 15.5 Å². The summed E-state index contributed by atoms with van der Waals surface area (Å²) in [5, 5.41) is 9.54. The van der Waals surface area contributed by atoms with Crippen LogP contribution in [0.4, 0.5) is 0 Å². The van der Waals surface area contributed by atoms with Gasteiger partial charge in [-0.25, -0.2) is 0 Å². The number of halogens is 2. The number of nitrogens with one attached hydrogen (secondary N) is 1. The van der Waals surface area contributed by atoms with Gasteiger partial charge in [-0.1, -0.05) is 5.16 Å². The van der Waals surface area contributed by atoms with Gasteiger partial charge in [0.05, 0.1) is 4.88 Å². The van der Waals surface area contributed by atoms with E-state index in [1.807, 2.05) is 11.4 Å². The Labute approximate surface area is 130 Å². The maximum Gasteiger partial charge on any atom is 0.230 e. The predicted molar refractivity (Wildman–Crippen MR) is 82.0 cm³/mol. The molecule has 1 aliphatic heterocycles. The summed E-state index contributed by atoms with van der Waals surface area (Å²) in [4.78, 5) is 5.58. The molecule has 2 atom stereocenters. The second kappa shape index (κ2) is 6.35. The zero-order valence-electron chi connectivity index (χ0n) is 10.4. The van der Waals surface area contributed by atoms with Crippen molar-refractivity contribution in [1.29, 1.82) is 0 Å². The first kappa shape index (κ1) is 15.0. The normalized spacial score (nSPS) is 23.1. The maximum absolute atomic E-state index is 5.42. The molecule has 7 heteroatoms. The van der Waals surface area contributed by atoms with Gasteiger partial charge in [-0.2, -0.15) is 4.98 Å². The maximum atomic E-state index is 5.42. The van der Waals surface area contributed by atoms with Gasteiger partial charge >= 0.3 is 0 Å². The summed E-state index contributed by atoms with van der Waals surface area (Å²) in [5.74, 6) is 1.88. The van der Waals surface area contributed by atoms with Gasteiger partial charge in [-0.15, -0.1) is 23.7 Å². The Hall–Kier alpha value is -0.430. The molecule has 2 aromatic rings. The molecular formula is C12H15BrClN3OS. The molecule has 1 fully saturated rings. The number of rotatable bonds is 2. The Balaban J connectivity index is 0.00000133. The molecule has 19 heavy (non-hydrogen) atoms. The zero-order valence-corrected chi connectivity index (χ0v) is 13.6. The molecular weight excluding hydrogens is 350 g/mol. The third-order valence-corrected chi connectivity index (χ3v) is 4.89. The van der Waals surface area contributed by atoms with Crippen LogP contribution < -0.4 is 5.32 Å². The number of hydrogen-bond acceptors (Lipinski definition) is 5. The van der Waals surface area contributed by atoms with E-state index in [0.29, 0.717) is 17.8 Å². The van der Waals surface area contributed by atoms with Crippen LogP contribution in [-0.4, -0.2) is 22.7 Å². The average molecular weight is 365 g/mol. The third kappa shape index (κ3) is 3.37. The van der Waals surface area contributed by atoms with Crippen molar-refractivity contribution in [3.8, 4) is 10.7 Å². The van der Waals surface area contributed by atoms with Gasteiger partial charge in [0.25, 0.3) is 0 Å². The van der Waals surface area contributed by atoms with E-state index in [1.54, 1.807) is 11.3 Å². The topological polar surface area (TPSA) is 51.0 Å². The van der Waals surface area contributed by atoms with Gasteiger partial charge in [0.15, 0.2) is 0 Å². The lowest BCUT2D eigenvalue weighted by atomic mass is 9.93. The summed E-state index contributed by atoms with van der Waals surface area (Å²) in [6, 6.07) is 2.54. The lowest BCUT2D eigenvalue weighted by Gasteiger charge is -2.25. The van der Waals surface area contributed by atoms with Gasteiger partial charge < -0.3 is 9.84 Å². The standard InChI is InChI=1S/C12H14BrN3OS.ClH/c1-7-4-8(2-3-14-7)12-15-11(16-17-12)10-5-9(13)6-18-10;/h5-8,14H,2-4H2,1H3;1H/t7-,8-;/m0./s1. The molecule has 0 saturated carbocycles. The van der Waals surface area contributed by atoms with Crippen LogP contribution in [0.3, 0.4) is 0 Å². The summed E-state index contributed by atoms with van der Waals surface area (Å²) < 4.78 is 6.48. The van der Waals surface area contributed by atoms with Gasteiger partial charge in [-0.3, -0.25) is 0 Å². The van der Waals surface area contributed by atoms with Gasteiger partial charge in [-0.05, 0) is 48.3 Å². The number of piperidine rings is 1. The van der Waals surface area contributed by atoms with E-state index in [2.05, 4.69) is 38.3 Å². The third-order valence-electron chi connectivity index (χ3n) is 3.20. The van der Waals surface area contributed by atoms with Crippen molar-refractivity contribution < 1.29 is 4.52 Å². The Bertz CT molecular complexity index is 545. The zero-order chi connectivity index (χ0) is 12.5. The van der Waals surface area contributed by atoms with Gasteiger partial charge in [0, 0.05) is 21.8 Å². The Morgan fingerprint density at radius 2 is 2.37 bits per heavy atom. The molecule has 104 valence electrons. The molecule has 0 aliphatic carbocycles. The van der Waals surface area contributed by atoms with Crippen LogP contribution in [0.5, 0.6) is 0 Å². The van der Waals surface area contributed by atoms with Crippen molar-refractivity contribution in [2.75, 3.05) is 6.54 Å². The highest BCUT2D eigenvalue weighted by molar-refractivity contribution is 9.10.